The van der Waals surface area contributed by atoms with Crippen LogP contribution in [-0.2, 0) is 55.8 Å². The maximum atomic E-state index is 13.4. The molecule has 3 rings (SSSR count). The fourth-order valence-corrected chi connectivity index (χ4v) is 5.01. The van der Waals surface area contributed by atoms with Crippen molar-refractivity contribution in [1.29, 1.82) is 0 Å². The number of nitrogens with zero attached hydrogens (tertiary/aromatic N) is 6. The summed E-state index contributed by atoms with van der Waals surface area (Å²) in [6.45, 7) is 1.19. The van der Waals surface area contributed by atoms with E-state index in [9.17, 15) is 38.7 Å². The average Bonchev–Trinajstić information content (AvgIpc) is 3.48. The van der Waals surface area contributed by atoms with Crippen molar-refractivity contribution in [2.45, 2.75) is 52.1 Å². The van der Waals surface area contributed by atoms with Crippen LogP contribution in [0.15, 0.2) is 14.4 Å². The van der Waals surface area contributed by atoms with Crippen molar-refractivity contribution in [2.75, 3.05) is 81.5 Å². The molecule has 2 N–H and O–H groups in total. The minimum Gasteiger partial charge on any atom is -0.463 e. The summed E-state index contributed by atoms with van der Waals surface area (Å²) >= 11 is 0. The molecule has 2 aliphatic rings. The largest absolute Gasteiger partial charge is 0.463 e. The number of hydrogen-bond acceptors (Lipinski definition) is 15. The number of hydrogen-bond donors (Lipinski definition) is 2. The van der Waals surface area contributed by atoms with Gasteiger partial charge in [0.1, 0.15) is 33.5 Å². The van der Waals surface area contributed by atoms with Crippen molar-refractivity contribution in [3.8, 4) is 0 Å². The zero-order chi connectivity index (χ0) is 37.0. The van der Waals surface area contributed by atoms with E-state index < -0.39 is 85.3 Å². The van der Waals surface area contributed by atoms with Gasteiger partial charge in [-0.15, -0.1) is 0 Å². The Balaban J connectivity index is 1.61. The Morgan fingerprint density at radius 3 is 1.66 bits per heavy atom. The predicted octanol–water partition coefficient (Wildman–Crippen LogP) is -2.53. The van der Waals surface area contributed by atoms with Gasteiger partial charge in [-0.3, -0.25) is 34.2 Å². The molecule has 2 aliphatic heterocycles. The lowest BCUT2D eigenvalue weighted by Gasteiger charge is -2.30. The third kappa shape index (κ3) is 9.88. The number of rotatable bonds is 22. The molecule has 2 fully saturated rings. The summed E-state index contributed by atoms with van der Waals surface area (Å²) < 4.78 is 37.6. The Kier molecular flexibility index (Phi) is 14.9. The minimum atomic E-state index is -1.06. The summed E-state index contributed by atoms with van der Waals surface area (Å²) in [7, 11) is 4.20. The number of aromatic nitrogens is 3. The molecule has 2 unspecified atom stereocenters. The Hall–Kier alpha value is -4.35. The van der Waals surface area contributed by atoms with Gasteiger partial charge < -0.3 is 38.3 Å². The van der Waals surface area contributed by atoms with Crippen LogP contribution in [-0.4, -0.2) is 157 Å². The fourth-order valence-electron chi connectivity index (χ4n) is 5.01. The number of nitrogens with one attached hydrogen (secondary N) is 1. The number of fused-ring (bicyclic) bond motifs is 1. The molecule has 22 nitrogen and oxygen atoms in total. The summed E-state index contributed by atoms with van der Waals surface area (Å²) in [5.74, 6) is -1.58. The van der Waals surface area contributed by atoms with Crippen LogP contribution in [0, 0.1) is 5.41 Å². The number of urea groups is 2. The molecule has 0 bridgehead atoms. The molecule has 0 aliphatic carbocycles. The maximum Gasteiger partial charge on any atom is 0.336 e. The molecule has 282 valence electrons. The molecule has 4 amide bonds. The second-order valence-electron chi connectivity index (χ2n) is 11.9. The topological polar surface area (TPSA) is 243 Å². The summed E-state index contributed by atoms with van der Waals surface area (Å²) in [5, 5.41) is 9.56. The van der Waals surface area contributed by atoms with E-state index in [1.165, 1.54) is 40.9 Å². The molecular weight excluding hydrogens is 674 g/mol. The Labute approximate surface area is 285 Å². The van der Waals surface area contributed by atoms with E-state index in [2.05, 4.69) is 0 Å². The molecule has 0 spiro atoms. The van der Waals surface area contributed by atoms with E-state index in [1.54, 1.807) is 13.8 Å². The van der Waals surface area contributed by atoms with Crippen molar-refractivity contribution < 1.29 is 57.4 Å². The van der Waals surface area contributed by atoms with Gasteiger partial charge in [0.2, 0.25) is 0 Å². The van der Waals surface area contributed by atoms with E-state index in [0.29, 0.717) is 9.13 Å². The Morgan fingerprint density at radius 1 is 0.700 bits per heavy atom. The summed E-state index contributed by atoms with van der Waals surface area (Å²) in [5.41, 5.74) is -3.73. The van der Waals surface area contributed by atoms with Crippen molar-refractivity contribution in [3.05, 3.63) is 31.5 Å². The van der Waals surface area contributed by atoms with E-state index >= 15 is 0 Å². The van der Waals surface area contributed by atoms with Crippen LogP contribution >= 0.6 is 0 Å². The Morgan fingerprint density at radius 2 is 1.18 bits per heavy atom. The molecule has 1 aromatic heterocycles. The van der Waals surface area contributed by atoms with Gasteiger partial charge in [0, 0.05) is 39.8 Å². The van der Waals surface area contributed by atoms with E-state index in [0.717, 1.165) is 0 Å². The summed E-state index contributed by atoms with van der Waals surface area (Å²) in [4.78, 5) is 95.5. The highest BCUT2D eigenvalue weighted by atomic mass is 16.7. The highest BCUT2D eigenvalue weighted by Crippen LogP contribution is 2.35. The molecular formula is C28H45N7O15. The number of carbonyl (C=O) groups excluding carboxylic acids is 4. The Bertz CT molecular complexity index is 1510. The lowest BCUT2D eigenvalue weighted by Crippen LogP contribution is -2.50. The standard InChI is InChI=1S/C28H45N7O15/c1-28(2,12-36)13-47-16-34-22-21(32(14-45-4)26(34)42)33(15-46-5)27(43)35(22)17-48-18-50-20(38)7-9-31-24(40)29-23(39)30(25(31)41)8-6-19(37)49-11-10-44-3/h21-22,36H,6-18H2,1-5H3,(H,29,39,40). The molecule has 1 aromatic rings. The molecule has 2 atom stereocenters. The predicted molar refractivity (Wildman–Crippen MR) is 166 cm³/mol. The SMILES string of the molecule is COCCOC(=O)CCn1c(=O)[nH]c(=O)n(CCC(=O)OCOCN2C(=O)N(COC)C3C2N(COCC(C)(C)CO)C(=O)N3COC)c1=O. The highest BCUT2D eigenvalue weighted by Gasteiger charge is 2.59. The van der Waals surface area contributed by atoms with Crippen LogP contribution in [0.3, 0.4) is 0 Å². The van der Waals surface area contributed by atoms with Gasteiger partial charge in [-0.1, -0.05) is 13.8 Å². The first-order chi connectivity index (χ1) is 23.8. The van der Waals surface area contributed by atoms with Gasteiger partial charge in [0.05, 0.1) is 32.7 Å². The normalized spacial score (nSPS) is 17.6. The summed E-state index contributed by atoms with van der Waals surface area (Å²) in [6.07, 6.45) is -2.58. The van der Waals surface area contributed by atoms with Crippen LogP contribution in [0.1, 0.15) is 26.7 Å². The lowest BCUT2D eigenvalue weighted by atomic mass is 9.97. The number of esters is 2. The third-order valence-electron chi connectivity index (χ3n) is 7.54. The molecule has 2 saturated heterocycles. The number of amides is 4. The monoisotopic (exact) mass is 719 g/mol. The van der Waals surface area contributed by atoms with E-state index in [-0.39, 0.29) is 59.6 Å². The fraction of sp³-hybridized carbons (Fsp3) is 0.750. The maximum absolute atomic E-state index is 13.4. The van der Waals surface area contributed by atoms with Gasteiger partial charge in [-0.2, -0.15) is 0 Å². The lowest BCUT2D eigenvalue weighted by molar-refractivity contribution is -0.160. The molecule has 0 radical (unpaired) electrons. The van der Waals surface area contributed by atoms with Gasteiger partial charge in [-0.25, -0.2) is 33.1 Å². The highest BCUT2D eigenvalue weighted by molar-refractivity contribution is 5.85. The van der Waals surface area contributed by atoms with Crippen LogP contribution in [0.2, 0.25) is 0 Å². The van der Waals surface area contributed by atoms with Crippen LogP contribution in [0.25, 0.3) is 0 Å². The number of aliphatic hydroxyl groups is 1. The number of aliphatic hydroxyl groups excluding tert-OH is 1. The number of ether oxygens (including phenoxy) is 7. The van der Waals surface area contributed by atoms with Gasteiger partial charge in [0.15, 0.2) is 19.1 Å². The second kappa shape index (κ2) is 18.6. The first-order valence-electron chi connectivity index (χ1n) is 15.4. The van der Waals surface area contributed by atoms with Crippen molar-refractivity contribution >= 4 is 24.0 Å². The van der Waals surface area contributed by atoms with Crippen LogP contribution in [0.5, 0.6) is 0 Å². The van der Waals surface area contributed by atoms with Crippen molar-refractivity contribution in [2.24, 2.45) is 5.41 Å². The minimum absolute atomic E-state index is 0.0155. The number of H-pyrrole nitrogens is 1. The molecule has 0 aromatic carbocycles. The zero-order valence-corrected chi connectivity index (χ0v) is 28.7. The second-order valence-corrected chi connectivity index (χ2v) is 11.9. The van der Waals surface area contributed by atoms with Gasteiger partial charge in [0.25, 0.3) is 0 Å². The first kappa shape index (κ1) is 40.1. The van der Waals surface area contributed by atoms with E-state index in [4.69, 9.17) is 33.2 Å². The number of carbonyl (C=O) groups is 4. The number of aromatic amines is 1. The van der Waals surface area contributed by atoms with Crippen molar-refractivity contribution in [1.82, 2.24) is 33.7 Å². The van der Waals surface area contributed by atoms with Gasteiger partial charge in [-0.05, 0) is 0 Å². The van der Waals surface area contributed by atoms with Crippen LogP contribution in [0.4, 0.5) is 9.59 Å². The zero-order valence-electron chi connectivity index (χ0n) is 28.7. The molecule has 3 heterocycles. The van der Waals surface area contributed by atoms with E-state index in [1.807, 2.05) is 4.98 Å². The molecule has 0 saturated carbocycles. The smallest absolute Gasteiger partial charge is 0.336 e. The third-order valence-corrected chi connectivity index (χ3v) is 7.54. The molecule has 50 heavy (non-hydrogen) atoms. The quantitative estimate of drug-likeness (QED) is 0.0713. The average molecular weight is 720 g/mol. The number of methoxy groups -OCH3 is 3. The summed E-state index contributed by atoms with van der Waals surface area (Å²) in [6, 6.07) is -1.05. The van der Waals surface area contributed by atoms with Crippen molar-refractivity contribution in [3.63, 3.8) is 0 Å². The first-order valence-corrected chi connectivity index (χ1v) is 15.4. The van der Waals surface area contributed by atoms with Gasteiger partial charge >= 0.3 is 41.1 Å². The van der Waals surface area contributed by atoms with Crippen LogP contribution < -0.4 is 17.1 Å². The molecule has 22 heteroatoms.